The minimum Gasteiger partial charge on any atom is -0.456 e. The molecule has 0 aromatic carbocycles. The number of furan rings is 1. The molecule has 4 heterocycles. The van der Waals surface area contributed by atoms with Crippen molar-refractivity contribution in [2.45, 2.75) is 32.5 Å². The van der Waals surface area contributed by atoms with Crippen molar-refractivity contribution in [2.24, 2.45) is 0 Å². The van der Waals surface area contributed by atoms with Gasteiger partial charge in [-0.25, -0.2) is 0 Å². The van der Waals surface area contributed by atoms with Crippen molar-refractivity contribution in [1.29, 1.82) is 0 Å². The van der Waals surface area contributed by atoms with Gasteiger partial charge >= 0.3 is 0 Å². The van der Waals surface area contributed by atoms with Crippen LogP contribution in [-0.4, -0.2) is 79.5 Å². The van der Waals surface area contributed by atoms with Crippen molar-refractivity contribution >= 4 is 5.91 Å². The number of nitrogens with zero attached hydrogens (tertiary/aromatic N) is 3. The van der Waals surface area contributed by atoms with Crippen LogP contribution in [-0.2, 0) is 15.9 Å². The van der Waals surface area contributed by atoms with Crippen molar-refractivity contribution in [1.82, 2.24) is 15.0 Å². The molecular formula is C20H27N3O5. The van der Waals surface area contributed by atoms with Gasteiger partial charge in [0.05, 0.1) is 24.5 Å². The number of rotatable bonds is 6. The molecular weight excluding hydrogens is 362 g/mol. The Bertz CT molecular complexity index is 796. The van der Waals surface area contributed by atoms with Crippen LogP contribution in [0.4, 0.5) is 0 Å². The second kappa shape index (κ2) is 8.06. The van der Waals surface area contributed by atoms with Crippen molar-refractivity contribution in [3.63, 3.8) is 0 Å². The number of amides is 1. The molecule has 2 bridgehead atoms. The standard InChI is InChI=1S/C20H27N3O5/c1-13-18(14(2)28-21-13)8-15-4-5-19(27-15)20(24)23-11-16-9-22(6-7-25-3)10-17(12-23)26-16/h4-5,16-17H,6-12H2,1-3H3. The molecule has 4 rings (SSSR count). The summed E-state index contributed by atoms with van der Waals surface area (Å²) >= 11 is 0. The minimum atomic E-state index is -0.0753. The van der Waals surface area contributed by atoms with Gasteiger partial charge in [-0.2, -0.15) is 0 Å². The van der Waals surface area contributed by atoms with E-state index in [1.807, 2.05) is 24.8 Å². The quantitative estimate of drug-likeness (QED) is 0.743. The minimum absolute atomic E-state index is 0.0324. The molecule has 2 aromatic heterocycles. The van der Waals surface area contributed by atoms with Crippen LogP contribution in [0.25, 0.3) is 0 Å². The highest BCUT2D eigenvalue weighted by Crippen LogP contribution is 2.23. The molecule has 2 unspecified atom stereocenters. The lowest BCUT2D eigenvalue weighted by Gasteiger charge is -2.45. The average molecular weight is 389 g/mol. The molecule has 0 aliphatic carbocycles. The third kappa shape index (κ3) is 3.99. The lowest BCUT2D eigenvalue weighted by Crippen LogP contribution is -2.60. The number of aromatic nitrogens is 1. The zero-order chi connectivity index (χ0) is 19.7. The Balaban J connectivity index is 1.39. The maximum Gasteiger partial charge on any atom is 0.289 e. The van der Waals surface area contributed by atoms with Crippen molar-refractivity contribution in [2.75, 3.05) is 46.4 Å². The summed E-state index contributed by atoms with van der Waals surface area (Å²) in [4.78, 5) is 17.1. The fourth-order valence-corrected chi connectivity index (χ4v) is 4.02. The number of fused-ring (bicyclic) bond motifs is 2. The van der Waals surface area contributed by atoms with E-state index in [9.17, 15) is 4.79 Å². The summed E-state index contributed by atoms with van der Waals surface area (Å²) in [6.45, 7) is 8.19. The zero-order valence-corrected chi connectivity index (χ0v) is 16.6. The van der Waals surface area contributed by atoms with Crippen LogP contribution >= 0.6 is 0 Å². The van der Waals surface area contributed by atoms with Gasteiger partial charge in [-0.15, -0.1) is 0 Å². The van der Waals surface area contributed by atoms with Gasteiger partial charge in [0.15, 0.2) is 5.76 Å². The first-order chi connectivity index (χ1) is 13.5. The molecule has 2 saturated heterocycles. The molecule has 8 heteroatoms. The number of hydrogen-bond donors (Lipinski definition) is 0. The Kier molecular flexibility index (Phi) is 5.52. The molecule has 0 N–H and O–H groups in total. The largest absolute Gasteiger partial charge is 0.456 e. The fourth-order valence-electron chi connectivity index (χ4n) is 4.02. The maximum atomic E-state index is 12.9. The van der Waals surface area contributed by atoms with Gasteiger partial charge in [0.2, 0.25) is 0 Å². The van der Waals surface area contributed by atoms with Crippen LogP contribution in [0.15, 0.2) is 21.1 Å². The van der Waals surface area contributed by atoms with Crippen LogP contribution in [0.5, 0.6) is 0 Å². The van der Waals surface area contributed by atoms with Crippen LogP contribution < -0.4 is 0 Å². The predicted octanol–water partition coefficient (Wildman–Crippen LogP) is 1.65. The molecule has 2 aromatic rings. The molecule has 0 saturated carbocycles. The fraction of sp³-hybridized carbons (Fsp3) is 0.600. The van der Waals surface area contributed by atoms with Gasteiger partial charge in [-0.05, 0) is 26.0 Å². The summed E-state index contributed by atoms with van der Waals surface area (Å²) in [5.41, 5.74) is 1.85. The van der Waals surface area contributed by atoms with Crippen molar-refractivity contribution in [3.05, 3.63) is 40.7 Å². The lowest BCUT2D eigenvalue weighted by molar-refractivity contribution is -0.132. The third-order valence-electron chi connectivity index (χ3n) is 5.46. The highest BCUT2D eigenvalue weighted by molar-refractivity contribution is 5.91. The molecule has 152 valence electrons. The highest BCUT2D eigenvalue weighted by atomic mass is 16.5. The van der Waals surface area contributed by atoms with Gasteiger partial charge in [-0.1, -0.05) is 5.16 Å². The van der Waals surface area contributed by atoms with Crippen LogP contribution in [0.3, 0.4) is 0 Å². The van der Waals surface area contributed by atoms with Crippen LogP contribution in [0, 0.1) is 13.8 Å². The smallest absolute Gasteiger partial charge is 0.289 e. The Labute approximate surface area is 164 Å². The van der Waals surface area contributed by atoms with E-state index >= 15 is 0 Å². The molecule has 2 atom stereocenters. The highest BCUT2D eigenvalue weighted by Gasteiger charge is 2.37. The van der Waals surface area contributed by atoms with Crippen LogP contribution in [0.2, 0.25) is 0 Å². The SMILES string of the molecule is COCCN1CC2CN(C(=O)c3ccc(Cc4c(C)noc4C)o3)CC(C1)O2. The summed E-state index contributed by atoms with van der Waals surface area (Å²) < 4.78 is 22.2. The number of methoxy groups -OCH3 is 1. The predicted molar refractivity (Wildman–Crippen MR) is 100 cm³/mol. The summed E-state index contributed by atoms with van der Waals surface area (Å²) in [5, 5.41) is 3.97. The first kappa shape index (κ1) is 19.2. The summed E-state index contributed by atoms with van der Waals surface area (Å²) in [7, 11) is 1.71. The summed E-state index contributed by atoms with van der Waals surface area (Å²) in [6.07, 6.45) is 0.632. The Hall–Kier alpha value is -2.16. The molecule has 0 spiro atoms. The molecule has 8 nitrogen and oxygen atoms in total. The third-order valence-corrected chi connectivity index (χ3v) is 5.46. The maximum absolute atomic E-state index is 12.9. The topological polar surface area (TPSA) is 81.2 Å². The first-order valence-electron chi connectivity index (χ1n) is 9.70. The number of carbonyl (C=O) groups is 1. The molecule has 0 radical (unpaired) electrons. The van der Waals surface area contributed by atoms with E-state index < -0.39 is 0 Å². The second-order valence-electron chi connectivity index (χ2n) is 7.59. The Morgan fingerprint density at radius 2 is 1.96 bits per heavy atom. The van der Waals surface area contributed by atoms with E-state index in [4.69, 9.17) is 18.4 Å². The van der Waals surface area contributed by atoms with E-state index in [1.54, 1.807) is 13.2 Å². The van der Waals surface area contributed by atoms with Crippen molar-refractivity contribution < 1.29 is 23.2 Å². The number of ether oxygens (including phenoxy) is 2. The van der Waals surface area contributed by atoms with E-state index in [0.717, 1.165) is 42.4 Å². The first-order valence-corrected chi connectivity index (χ1v) is 9.70. The number of morpholine rings is 2. The van der Waals surface area contributed by atoms with Gasteiger partial charge in [0.25, 0.3) is 5.91 Å². The normalized spacial score (nSPS) is 22.6. The molecule has 2 aliphatic rings. The monoisotopic (exact) mass is 389 g/mol. The molecule has 2 fully saturated rings. The molecule has 28 heavy (non-hydrogen) atoms. The van der Waals surface area contributed by atoms with E-state index in [0.29, 0.717) is 31.9 Å². The average Bonchev–Trinajstić information content (AvgIpc) is 3.27. The van der Waals surface area contributed by atoms with Crippen molar-refractivity contribution in [3.8, 4) is 0 Å². The number of carbonyl (C=O) groups excluding carboxylic acids is 1. The Morgan fingerprint density at radius 3 is 2.61 bits per heavy atom. The second-order valence-corrected chi connectivity index (χ2v) is 7.59. The van der Waals surface area contributed by atoms with Crippen LogP contribution in [0.1, 0.15) is 33.3 Å². The van der Waals surface area contributed by atoms with E-state index in [2.05, 4.69) is 10.1 Å². The zero-order valence-electron chi connectivity index (χ0n) is 16.6. The molecule has 1 amide bonds. The number of aryl methyl sites for hydroxylation is 2. The number of hydrogen-bond acceptors (Lipinski definition) is 7. The lowest BCUT2D eigenvalue weighted by atomic mass is 10.1. The molecule has 2 aliphatic heterocycles. The summed E-state index contributed by atoms with van der Waals surface area (Å²) in [6, 6.07) is 3.61. The van der Waals surface area contributed by atoms with Gasteiger partial charge in [0, 0.05) is 51.8 Å². The van der Waals surface area contributed by atoms with E-state index in [-0.39, 0.29) is 18.1 Å². The Morgan fingerprint density at radius 1 is 1.21 bits per heavy atom. The summed E-state index contributed by atoms with van der Waals surface area (Å²) in [5.74, 6) is 1.81. The van der Waals surface area contributed by atoms with Gasteiger partial charge in [0.1, 0.15) is 11.5 Å². The van der Waals surface area contributed by atoms with E-state index in [1.165, 1.54) is 0 Å². The van der Waals surface area contributed by atoms with Gasteiger partial charge in [-0.3, -0.25) is 9.69 Å². The van der Waals surface area contributed by atoms with Gasteiger partial charge < -0.3 is 23.3 Å².